The Morgan fingerprint density at radius 1 is 1.41 bits per heavy atom. The number of hydrogen-bond donors (Lipinski definition) is 2. The molecule has 120 valence electrons. The second-order valence-corrected chi connectivity index (χ2v) is 6.33. The van der Waals surface area contributed by atoms with E-state index in [0.29, 0.717) is 0 Å². The molecule has 0 saturated heterocycles. The third-order valence-corrected chi connectivity index (χ3v) is 4.20. The molecule has 2 heterocycles. The third-order valence-electron chi connectivity index (χ3n) is 2.39. The topological polar surface area (TPSA) is 121 Å². The van der Waals surface area contributed by atoms with Crippen molar-refractivity contribution in [3.63, 3.8) is 0 Å². The largest absolute Gasteiger partial charge is 0.467 e. The van der Waals surface area contributed by atoms with E-state index in [2.05, 4.69) is 14.7 Å². The summed E-state index contributed by atoms with van der Waals surface area (Å²) in [5.74, 6) is -1.35. The van der Waals surface area contributed by atoms with Gasteiger partial charge < -0.3 is 16.2 Å². The number of carbonyl (C=O) groups excluding carboxylic acids is 1. The molecule has 2 rings (SSSR count). The van der Waals surface area contributed by atoms with E-state index in [4.69, 9.17) is 11.5 Å². The Hall–Kier alpha value is -1.95. The first-order valence-electron chi connectivity index (χ1n) is 5.53. The number of rotatable bonds is 4. The number of alkyl halides is 3. The minimum Gasteiger partial charge on any atom is -0.467 e. The number of anilines is 1. The van der Waals surface area contributed by atoms with Crippen LogP contribution in [-0.2, 0) is 10.8 Å². The molecule has 2 aromatic rings. The van der Waals surface area contributed by atoms with Gasteiger partial charge in [0, 0.05) is 6.26 Å². The average Bonchev–Trinajstić information content (AvgIpc) is 2.72. The van der Waals surface area contributed by atoms with E-state index in [1.54, 1.807) is 0 Å². The maximum absolute atomic E-state index is 12.3. The Morgan fingerprint density at radius 3 is 2.55 bits per heavy atom. The van der Waals surface area contributed by atoms with Crippen LogP contribution in [-0.4, -0.2) is 39.1 Å². The van der Waals surface area contributed by atoms with Gasteiger partial charge in [-0.2, -0.15) is 18.2 Å². The van der Waals surface area contributed by atoms with Crippen molar-refractivity contribution in [3.8, 4) is 5.88 Å². The van der Waals surface area contributed by atoms with Crippen molar-refractivity contribution >= 4 is 43.9 Å². The normalized spacial score (nSPS) is 13.3. The van der Waals surface area contributed by atoms with Crippen molar-refractivity contribution in [1.29, 1.82) is 0 Å². The monoisotopic (exact) mass is 354 g/mol. The quantitative estimate of drug-likeness (QED) is 0.792. The molecule has 1 unspecified atom stereocenters. The van der Waals surface area contributed by atoms with Crippen LogP contribution in [0.5, 0.6) is 5.88 Å². The molecule has 0 aromatic carbocycles. The lowest BCUT2D eigenvalue weighted by Gasteiger charge is -2.10. The molecule has 12 heteroatoms. The predicted molar refractivity (Wildman–Crippen MR) is 74.2 cm³/mol. The molecule has 1 amide bonds. The minimum absolute atomic E-state index is 0.0581. The third kappa shape index (κ3) is 3.27. The average molecular weight is 354 g/mol. The Labute approximate surface area is 127 Å². The molecule has 0 aliphatic heterocycles. The number of amides is 1. The molecular formula is C10H9F3N4O3S2. The number of nitrogens with two attached hydrogens (primary N) is 2. The molecule has 7 nitrogen and oxygen atoms in total. The van der Waals surface area contributed by atoms with Gasteiger partial charge >= 0.3 is 6.18 Å². The lowest BCUT2D eigenvalue weighted by Crippen LogP contribution is -2.20. The molecule has 22 heavy (non-hydrogen) atoms. The van der Waals surface area contributed by atoms with Gasteiger partial charge in [0.25, 0.3) is 5.91 Å². The summed E-state index contributed by atoms with van der Waals surface area (Å²) in [5.41, 5.74) is 10.7. The summed E-state index contributed by atoms with van der Waals surface area (Å²) in [6.07, 6.45) is -3.35. The van der Waals surface area contributed by atoms with Gasteiger partial charge in [0.05, 0.1) is 21.9 Å². The molecule has 2 aromatic heterocycles. The van der Waals surface area contributed by atoms with Crippen molar-refractivity contribution in [2.75, 3.05) is 18.6 Å². The number of primary amides is 1. The number of halogens is 3. The van der Waals surface area contributed by atoms with Crippen LogP contribution in [0.2, 0.25) is 0 Å². The molecular weight excluding hydrogens is 345 g/mol. The maximum Gasteiger partial charge on any atom is 0.422 e. The number of nitrogen functional groups attached to an aromatic ring is 1. The van der Waals surface area contributed by atoms with E-state index in [-0.39, 0.29) is 25.9 Å². The molecule has 0 bridgehead atoms. The predicted octanol–water partition coefficient (Wildman–Crippen LogP) is 1.05. The summed E-state index contributed by atoms with van der Waals surface area (Å²) in [4.78, 5) is 18.8. The highest BCUT2D eigenvalue weighted by Crippen LogP contribution is 2.38. The van der Waals surface area contributed by atoms with E-state index in [0.717, 1.165) is 11.3 Å². The maximum atomic E-state index is 12.3. The fourth-order valence-corrected chi connectivity index (χ4v) is 2.96. The number of nitrogens with zero attached hydrogens (tertiary/aromatic N) is 2. The number of carbonyl (C=O) groups is 1. The first-order chi connectivity index (χ1) is 10.1. The molecule has 0 aliphatic carbocycles. The first kappa shape index (κ1) is 16.4. The summed E-state index contributed by atoms with van der Waals surface area (Å²) >= 11 is 0.765. The molecule has 0 saturated carbocycles. The number of hydrogen-bond acceptors (Lipinski definition) is 7. The van der Waals surface area contributed by atoms with Crippen LogP contribution in [0.3, 0.4) is 0 Å². The molecule has 0 fully saturated rings. The highest BCUT2D eigenvalue weighted by atomic mass is 32.2. The fourth-order valence-electron chi connectivity index (χ4n) is 1.54. The summed E-state index contributed by atoms with van der Waals surface area (Å²) in [5, 5.41) is -0.292. The van der Waals surface area contributed by atoms with Crippen LogP contribution in [0.1, 0.15) is 9.67 Å². The van der Waals surface area contributed by atoms with Crippen LogP contribution < -0.4 is 16.2 Å². The number of aromatic nitrogens is 2. The molecule has 0 spiro atoms. The molecule has 0 aliphatic rings. The van der Waals surface area contributed by atoms with Crippen LogP contribution >= 0.6 is 11.3 Å². The van der Waals surface area contributed by atoms with Crippen LogP contribution in [0.15, 0.2) is 5.16 Å². The van der Waals surface area contributed by atoms with Crippen molar-refractivity contribution in [2.24, 2.45) is 5.73 Å². The summed E-state index contributed by atoms with van der Waals surface area (Å²) < 4.78 is 53.0. The highest BCUT2D eigenvalue weighted by molar-refractivity contribution is 7.84. The number of fused-ring (bicyclic) bond motifs is 1. The zero-order valence-corrected chi connectivity index (χ0v) is 12.6. The summed E-state index contributed by atoms with van der Waals surface area (Å²) in [6, 6.07) is 0. The van der Waals surface area contributed by atoms with Crippen LogP contribution in [0.4, 0.5) is 18.9 Å². The van der Waals surface area contributed by atoms with E-state index in [9.17, 15) is 22.2 Å². The second-order valence-electron chi connectivity index (χ2n) is 4.06. The van der Waals surface area contributed by atoms with Crippen LogP contribution in [0.25, 0.3) is 10.2 Å². The van der Waals surface area contributed by atoms with Gasteiger partial charge in [-0.1, -0.05) is 0 Å². The highest BCUT2D eigenvalue weighted by Gasteiger charge is 2.30. The number of ether oxygens (including phenoxy) is 1. The van der Waals surface area contributed by atoms with Gasteiger partial charge in [-0.3, -0.25) is 9.00 Å². The lowest BCUT2D eigenvalue weighted by molar-refractivity contribution is -0.153. The van der Waals surface area contributed by atoms with Gasteiger partial charge in [0.1, 0.15) is 9.71 Å². The lowest BCUT2D eigenvalue weighted by atomic mass is 10.3. The standard InChI is InChI=1S/C10H9F3N4O3S2/c1-22(19)9-16-7(20-2-10(11,12)13)3-4(14)5(6(15)18)21-8(3)17-9/h2,14H2,1H3,(H2,15,18). The smallest absolute Gasteiger partial charge is 0.422 e. The Morgan fingerprint density at radius 2 is 2.05 bits per heavy atom. The molecule has 0 radical (unpaired) electrons. The van der Waals surface area contributed by atoms with Gasteiger partial charge in [-0.25, -0.2) is 4.98 Å². The zero-order valence-electron chi connectivity index (χ0n) is 10.9. The van der Waals surface area contributed by atoms with Gasteiger partial charge in [-0.05, 0) is 0 Å². The van der Waals surface area contributed by atoms with Crippen molar-refractivity contribution < 1.29 is 26.9 Å². The van der Waals surface area contributed by atoms with Gasteiger partial charge in [-0.15, -0.1) is 11.3 Å². The van der Waals surface area contributed by atoms with E-state index in [1.165, 1.54) is 6.26 Å². The summed E-state index contributed by atoms with van der Waals surface area (Å²) in [6.45, 7) is -1.61. The van der Waals surface area contributed by atoms with Gasteiger partial charge in [0.2, 0.25) is 11.0 Å². The van der Waals surface area contributed by atoms with E-state index >= 15 is 0 Å². The molecule has 4 N–H and O–H groups in total. The minimum atomic E-state index is -4.60. The molecule has 1 atom stereocenters. The van der Waals surface area contributed by atoms with Crippen molar-refractivity contribution in [1.82, 2.24) is 9.97 Å². The fraction of sp³-hybridized carbons (Fsp3) is 0.300. The Kier molecular flexibility index (Phi) is 4.24. The van der Waals surface area contributed by atoms with Crippen molar-refractivity contribution in [2.45, 2.75) is 11.3 Å². The second kappa shape index (κ2) is 5.68. The zero-order chi connectivity index (χ0) is 16.7. The SMILES string of the molecule is CS(=O)c1nc(OCC(F)(F)F)c2c(N)c(C(N)=O)sc2n1. The van der Waals surface area contributed by atoms with Gasteiger partial charge in [0.15, 0.2) is 6.61 Å². The van der Waals surface area contributed by atoms with E-state index < -0.39 is 35.4 Å². The van der Waals surface area contributed by atoms with Crippen LogP contribution in [0, 0.1) is 0 Å². The first-order valence-corrected chi connectivity index (χ1v) is 7.90. The van der Waals surface area contributed by atoms with E-state index in [1.807, 2.05) is 0 Å². The Balaban J connectivity index is 2.64. The number of thiophene rings is 1. The summed E-state index contributed by atoms with van der Waals surface area (Å²) in [7, 11) is -1.66. The van der Waals surface area contributed by atoms with Crippen molar-refractivity contribution in [3.05, 3.63) is 4.88 Å². The Bertz CT molecular complexity index is 775.